The van der Waals surface area contributed by atoms with Gasteiger partial charge in [-0.05, 0) is 44.4 Å². The number of hydrogen-bond donors (Lipinski definition) is 0. The van der Waals surface area contributed by atoms with Crippen molar-refractivity contribution in [3.05, 3.63) is 29.6 Å². The zero-order valence-corrected chi connectivity index (χ0v) is 11.5. The van der Waals surface area contributed by atoms with Gasteiger partial charge in [-0.15, -0.1) is 0 Å². The van der Waals surface area contributed by atoms with Crippen LogP contribution in [0.2, 0.25) is 0 Å². The molecule has 1 aromatic carbocycles. The first-order valence-corrected chi connectivity index (χ1v) is 6.71. The standard InChI is InChI=1S/C15H20FNO2/c1-11(18)12-6-7-15(14(16)9-12)17(2)10-13-5-3-4-8-19-13/h6-7,9,13H,3-5,8,10H2,1-2H3. The van der Waals surface area contributed by atoms with Crippen molar-refractivity contribution in [2.75, 3.05) is 25.1 Å². The molecule has 0 spiro atoms. The molecule has 0 N–H and O–H groups in total. The highest BCUT2D eigenvalue weighted by atomic mass is 19.1. The van der Waals surface area contributed by atoms with E-state index in [1.165, 1.54) is 19.4 Å². The molecular weight excluding hydrogens is 245 g/mol. The molecule has 19 heavy (non-hydrogen) atoms. The van der Waals surface area contributed by atoms with Crippen LogP contribution in [0.5, 0.6) is 0 Å². The lowest BCUT2D eigenvalue weighted by molar-refractivity contribution is 0.0215. The molecule has 0 radical (unpaired) electrons. The summed E-state index contributed by atoms with van der Waals surface area (Å²) in [5.41, 5.74) is 0.919. The predicted octanol–water partition coefficient (Wildman–Crippen LogP) is 3.03. The van der Waals surface area contributed by atoms with Gasteiger partial charge in [-0.3, -0.25) is 4.79 Å². The number of benzene rings is 1. The topological polar surface area (TPSA) is 29.5 Å². The number of hydrogen-bond acceptors (Lipinski definition) is 3. The second-order valence-corrected chi connectivity index (χ2v) is 5.09. The van der Waals surface area contributed by atoms with Gasteiger partial charge >= 0.3 is 0 Å². The number of carbonyl (C=O) groups is 1. The van der Waals surface area contributed by atoms with Gasteiger partial charge in [0.15, 0.2) is 5.78 Å². The highest BCUT2D eigenvalue weighted by Crippen LogP contribution is 2.22. The smallest absolute Gasteiger partial charge is 0.159 e. The van der Waals surface area contributed by atoms with Gasteiger partial charge in [0.05, 0.1) is 11.8 Å². The number of ketones is 1. The molecule has 1 fully saturated rings. The van der Waals surface area contributed by atoms with Crippen LogP contribution in [0.15, 0.2) is 18.2 Å². The van der Waals surface area contributed by atoms with E-state index in [-0.39, 0.29) is 17.7 Å². The third-order valence-corrected chi connectivity index (χ3v) is 3.52. The fourth-order valence-corrected chi connectivity index (χ4v) is 2.39. The molecule has 2 rings (SSSR count). The number of anilines is 1. The average Bonchev–Trinajstić information content (AvgIpc) is 2.39. The fourth-order valence-electron chi connectivity index (χ4n) is 2.39. The Kier molecular flexibility index (Phi) is 4.53. The number of Topliss-reactive ketones (excluding diaryl/α,β-unsaturated/α-hetero) is 1. The summed E-state index contributed by atoms with van der Waals surface area (Å²) < 4.78 is 19.6. The van der Waals surface area contributed by atoms with Gasteiger partial charge in [-0.2, -0.15) is 0 Å². The molecule has 1 aromatic rings. The maximum Gasteiger partial charge on any atom is 0.159 e. The molecule has 4 heteroatoms. The summed E-state index contributed by atoms with van der Waals surface area (Å²) >= 11 is 0. The molecule has 104 valence electrons. The summed E-state index contributed by atoms with van der Waals surface area (Å²) in [5, 5.41) is 0. The normalized spacial score (nSPS) is 19.2. The maximum absolute atomic E-state index is 14.0. The first-order chi connectivity index (χ1) is 9.08. The Morgan fingerprint density at radius 1 is 1.47 bits per heavy atom. The molecule has 3 nitrogen and oxygen atoms in total. The van der Waals surface area contributed by atoms with Crippen LogP contribution in [-0.4, -0.2) is 32.1 Å². The Balaban J connectivity index is 2.05. The highest BCUT2D eigenvalue weighted by Gasteiger charge is 2.18. The second-order valence-electron chi connectivity index (χ2n) is 5.09. The van der Waals surface area contributed by atoms with Crippen LogP contribution in [-0.2, 0) is 4.74 Å². The van der Waals surface area contributed by atoms with Crippen molar-refractivity contribution in [2.24, 2.45) is 0 Å². The quantitative estimate of drug-likeness (QED) is 0.784. The number of nitrogens with zero attached hydrogens (tertiary/aromatic N) is 1. The van der Waals surface area contributed by atoms with E-state index in [2.05, 4.69) is 0 Å². The van der Waals surface area contributed by atoms with Crippen LogP contribution >= 0.6 is 0 Å². The minimum atomic E-state index is -0.356. The Hall–Kier alpha value is -1.42. The predicted molar refractivity (Wildman–Crippen MR) is 73.3 cm³/mol. The van der Waals surface area contributed by atoms with Crippen molar-refractivity contribution in [2.45, 2.75) is 32.3 Å². The molecule has 1 heterocycles. The Labute approximate surface area is 113 Å². The minimum absolute atomic E-state index is 0.122. The van der Waals surface area contributed by atoms with E-state index in [1.807, 2.05) is 11.9 Å². The molecule has 1 aliphatic rings. The van der Waals surface area contributed by atoms with Gasteiger partial charge < -0.3 is 9.64 Å². The van der Waals surface area contributed by atoms with Gasteiger partial charge in [-0.1, -0.05) is 0 Å². The zero-order chi connectivity index (χ0) is 13.8. The Bertz CT molecular complexity index is 455. The number of carbonyl (C=O) groups excluding carboxylic acids is 1. The molecule has 0 amide bonds. The first kappa shape index (κ1) is 14.0. The average molecular weight is 265 g/mol. The monoisotopic (exact) mass is 265 g/mol. The first-order valence-electron chi connectivity index (χ1n) is 6.71. The molecule has 1 atom stereocenters. The second kappa shape index (κ2) is 6.15. The number of likely N-dealkylation sites (N-methyl/N-ethyl adjacent to an activating group) is 1. The van der Waals surface area contributed by atoms with Gasteiger partial charge in [0.25, 0.3) is 0 Å². The van der Waals surface area contributed by atoms with E-state index in [0.717, 1.165) is 19.4 Å². The van der Waals surface area contributed by atoms with Crippen LogP contribution < -0.4 is 4.90 Å². The van der Waals surface area contributed by atoms with Crippen molar-refractivity contribution >= 4 is 11.5 Å². The summed E-state index contributed by atoms with van der Waals surface area (Å²) in [6.07, 6.45) is 3.48. The summed E-state index contributed by atoms with van der Waals surface area (Å²) in [5.74, 6) is -0.477. The minimum Gasteiger partial charge on any atom is -0.376 e. The maximum atomic E-state index is 14.0. The van der Waals surface area contributed by atoms with Gasteiger partial charge in [-0.25, -0.2) is 4.39 Å². The summed E-state index contributed by atoms with van der Waals surface area (Å²) in [6, 6.07) is 4.63. The number of halogens is 1. The van der Waals surface area contributed by atoms with Gasteiger partial charge in [0.1, 0.15) is 5.82 Å². The van der Waals surface area contributed by atoms with E-state index in [4.69, 9.17) is 4.74 Å². The van der Waals surface area contributed by atoms with Crippen molar-refractivity contribution in [1.29, 1.82) is 0 Å². The Morgan fingerprint density at radius 3 is 2.84 bits per heavy atom. The zero-order valence-electron chi connectivity index (χ0n) is 11.5. The summed E-state index contributed by atoms with van der Waals surface area (Å²) in [4.78, 5) is 13.1. The van der Waals surface area contributed by atoms with Crippen LogP contribution in [0.3, 0.4) is 0 Å². The lowest BCUT2D eigenvalue weighted by atomic mass is 10.1. The molecule has 1 aliphatic heterocycles. The number of ether oxygens (including phenoxy) is 1. The van der Waals surface area contributed by atoms with Gasteiger partial charge in [0, 0.05) is 25.8 Å². The van der Waals surface area contributed by atoms with Crippen LogP contribution in [0.4, 0.5) is 10.1 Å². The lowest BCUT2D eigenvalue weighted by Crippen LogP contribution is -2.33. The molecule has 0 bridgehead atoms. The van der Waals surface area contributed by atoms with Crippen molar-refractivity contribution in [3.63, 3.8) is 0 Å². The van der Waals surface area contributed by atoms with Crippen LogP contribution in [0.25, 0.3) is 0 Å². The molecule has 0 saturated carbocycles. The SMILES string of the molecule is CC(=O)c1ccc(N(C)CC2CCCCO2)c(F)c1. The van der Waals surface area contributed by atoms with Gasteiger partial charge in [0.2, 0.25) is 0 Å². The van der Waals surface area contributed by atoms with Crippen molar-refractivity contribution in [1.82, 2.24) is 0 Å². The van der Waals surface area contributed by atoms with Crippen molar-refractivity contribution < 1.29 is 13.9 Å². The van der Waals surface area contributed by atoms with E-state index in [1.54, 1.807) is 12.1 Å². The lowest BCUT2D eigenvalue weighted by Gasteiger charge is -2.28. The molecular formula is C15H20FNO2. The van der Waals surface area contributed by atoms with E-state index >= 15 is 0 Å². The Morgan fingerprint density at radius 2 is 2.26 bits per heavy atom. The van der Waals surface area contributed by atoms with Crippen LogP contribution in [0.1, 0.15) is 36.5 Å². The summed E-state index contributed by atoms with van der Waals surface area (Å²) in [7, 11) is 1.85. The third kappa shape index (κ3) is 3.53. The molecule has 1 saturated heterocycles. The van der Waals surface area contributed by atoms with Crippen LogP contribution in [0, 0.1) is 5.82 Å². The molecule has 1 unspecified atom stereocenters. The largest absolute Gasteiger partial charge is 0.376 e. The van der Waals surface area contributed by atoms with E-state index in [0.29, 0.717) is 17.8 Å². The van der Waals surface area contributed by atoms with Crippen molar-refractivity contribution in [3.8, 4) is 0 Å². The number of rotatable bonds is 4. The molecule has 0 aromatic heterocycles. The van der Waals surface area contributed by atoms with E-state index in [9.17, 15) is 9.18 Å². The third-order valence-electron chi connectivity index (χ3n) is 3.52. The summed E-state index contributed by atoms with van der Waals surface area (Å²) in [6.45, 7) is 2.91. The fraction of sp³-hybridized carbons (Fsp3) is 0.533. The van der Waals surface area contributed by atoms with E-state index < -0.39 is 0 Å². The highest BCUT2D eigenvalue weighted by molar-refractivity contribution is 5.94. The molecule has 0 aliphatic carbocycles.